The standard InChI is InChI=1S/C16H15ClN4O/c1-2-21-15-8-7-11(9-14(15)19-20-21)16(22)18-10-12-5-3-4-6-13(12)17/h3-9H,2,10H2,1H3,(H,18,22). The van der Waals surface area contributed by atoms with Gasteiger partial charge in [0.25, 0.3) is 5.91 Å². The molecule has 5 nitrogen and oxygen atoms in total. The molecule has 0 unspecified atom stereocenters. The quantitative estimate of drug-likeness (QED) is 0.805. The van der Waals surface area contributed by atoms with Crippen LogP contribution in [-0.4, -0.2) is 20.9 Å². The summed E-state index contributed by atoms with van der Waals surface area (Å²) in [6.45, 7) is 3.13. The monoisotopic (exact) mass is 314 g/mol. The van der Waals surface area contributed by atoms with Gasteiger partial charge in [-0.15, -0.1) is 5.10 Å². The van der Waals surface area contributed by atoms with E-state index in [9.17, 15) is 4.79 Å². The normalized spacial score (nSPS) is 10.8. The molecule has 1 N–H and O–H groups in total. The van der Waals surface area contributed by atoms with Crippen LogP contribution in [0.1, 0.15) is 22.8 Å². The van der Waals surface area contributed by atoms with Gasteiger partial charge in [0.2, 0.25) is 0 Å². The highest BCUT2D eigenvalue weighted by atomic mass is 35.5. The third-order valence-corrected chi connectivity index (χ3v) is 3.84. The molecule has 0 fully saturated rings. The summed E-state index contributed by atoms with van der Waals surface area (Å²) in [5.74, 6) is -0.159. The second-order valence-corrected chi connectivity index (χ2v) is 5.29. The Labute approximate surface area is 132 Å². The van der Waals surface area contributed by atoms with E-state index in [4.69, 9.17) is 11.6 Å². The van der Waals surface area contributed by atoms with E-state index in [1.54, 1.807) is 22.9 Å². The first-order valence-corrected chi connectivity index (χ1v) is 7.41. The molecule has 2 aromatic carbocycles. The van der Waals surface area contributed by atoms with Crippen LogP contribution >= 0.6 is 11.6 Å². The Morgan fingerprint density at radius 1 is 1.27 bits per heavy atom. The zero-order valence-corrected chi connectivity index (χ0v) is 12.8. The van der Waals surface area contributed by atoms with Gasteiger partial charge in [0.05, 0.1) is 5.52 Å². The number of amides is 1. The van der Waals surface area contributed by atoms with E-state index in [2.05, 4.69) is 15.6 Å². The fraction of sp³-hybridized carbons (Fsp3) is 0.188. The molecule has 1 amide bonds. The van der Waals surface area contributed by atoms with Gasteiger partial charge in [-0.1, -0.05) is 35.0 Å². The molecular weight excluding hydrogens is 300 g/mol. The molecule has 1 heterocycles. The van der Waals surface area contributed by atoms with E-state index in [0.29, 0.717) is 22.6 Å². The van der Waals surface area contributed by atoms with Gasteiger partial charge in [0.1, 0.15) is 5.52 Å². The lowest BCUT2D eigenvalue weighted by Gasteiger charge is -2.07. The molecule has 112 valence electrons. The predicted molar refractivity (Wildman–Crippen MR) is 85.8 cm³/mol. The van der Waals surface area contributed by atoms with Crippen LogP contribution in [0, 0.1) is 0 Å². The van der Waals surface area contributed by atoms with E-state index < -0.39 is 0 Å². The molecule has 0 saturated carbocycles. The van der Waals surface area contributed by atoms with Crippen molar-refractivity contribution in [1.82, 2.24) is 20.3 Å². The van der Waals surface area contributed by atoms with Gasteiger partial charge in [0.15, 0.2) is 0 Å². The van der Waals surface area contributed by atoms with E-state index in [0.717, 1.165) is 17.6 Å². The molecule has 0 aliphatic rings. The smallest absolute Gasteiger partial charge is 0.251 e. The number of nitrogens with one attached hydrogen (secondary N) is 1. The zero-order chi connectivity index (χ0) is 15.5. The highest BCUT2D eigenvalue weighted by Crippen LogP contribution is 2.16. The molecule has 3 rings (SSSR count). The first-order valence-electron chi connectivity index (χ1n) is 7.04. The first-order chi connectivity index (χ1) is 10.7. The van der Waals surface area contributed by atoms with Crippen molar-refractivity contribution < 1.29 is 4.79 Å². The summed E-state index contributed by atoms with van der Waals surface area (Å²) in [5, 5.41) is 11.6. The van der Waals surface area contributed by atoms with E-state index in [-0.39, 0.29) is 5.91 Å². The average molecular weight is 315 g/mol. The highest BCUT2D eigenvalue weighted by Gasteiger charge is 2.10. The van der Waals surface area contributed by atoms with Crippen molar-refractivity contribution in [3.05, 3.63) is 58.6 Å². The number of aromatic nitrogens is 3. The zero-order valence-electron chi connectivity index (χ0n) is 12.1. The number of benzene rings is 2. The number of aryl methyl sites for hydroxylation is 1. The molecule has 6 heteroatoms. The van der Waals surface area contributed by atoms with Crippen molar-refractivity contribution in [1.29, 1.82) is 0 Å². The predicted octanol–water partition coefficient (Wildman–Crippen LogP) is 3.03. The Bertz CT molecular complexity index is 828. The average Bonchev–Trinajstić information content (AvgIpc) is 2.96. The minimum absolute atomic E-state index is 0.159. The number of rotatable bonds is 4. The Balaban J connectivity index is 1.76. The number of carbonyl (C=O) groups excluding carboxylic acids is 1. The highest BCUT2D eigenvalue weighted by molar-refractivity contribution is 6.31. The fourth-order valence-corrected chi connectivity index (χ4v) is 2.47. The number of carbonyl (C=O) groups is 1. The molecule has 0 radical (unpaired) electrons. The lowest BCUT2D eigenvalue weighted by Crippen LogP contribution is -2.22. The van der Waals surface area contributed by atoms with Crippen molar-refractivity contribution in [2.24, 2.45) is 0 Å². The molecular formula is C16H15ClN4O. The van der Waals surface area contributed by atoms with Crippen LogP contribution in [0.5, 0.6) is 0 Å². The summed E-state index contributed by atoms with van der Waals surface area (Å²) < 4.78 is 1.79. The summed E-state index contributed by atoms with van der Waals surface area (Å²) in [4.78, 5) is 12.2. The van der Waals surface area contributed by atoms with Crippen molar-refractivity contribution in [3.63, 3.8) is 0 Å². The second-order valence-electron chi connectivity index (χ2n) is 4.88. The molecule has 0 saturated heterocycles. The molecule has 0 spiro atoms. The molecule has 3 aromatic rings. The summed E-state index contributed by atoms with van der Waals surface area (Å²) in [5.41, 5.74) is 3.08. The Kier molecular flexibility index (Phi) is 4.06. The number of nitrogens with zero attached hydrogens (tertiary/aromatic N) is 3. The maximum atomic E-state index is 12.2. The number of hydrogen-bond acceptors (Lipinski definition) is 3. The van der Waals surface area contributed by atoms with Crippen molar-refractivity contribution in [2.45, 2.75) is 20.0 Å². The fourth-order valence-electron chi connectivity index (χ4n) is 2.27. The number of hydrogen-bond donors (Lipinski definition) is 1. The van der Waals surface area contributed by atoms with Crippen LogP contribution in [0.15, 0.2) is 42.5 Å². The molecule has 0 aliphatic heterocycles. The third-order valence-electron chi connectivity index (χ3n) is 3.47. The van der Waals surface area contributed by atoms with E-state index >= 15 is 0 Å². The lowest BCUT2D eigenvalue weighted by molar-refractivity contribution is 0.0951. The first kappa shape index (κ1) is 14.5. The molecule has 0 atom stereocenters. The molecule has 1 aromatic heterocycles. The molecule has 0 aliphatic carbocycles. The summed E-state index contributed by atoms with van der Waals surface area (Å²) in [6, 6.07) is 12.8. The lowest BCUT2D eigenvalue weighted by atomic mass is 10.1. The van der Waals surface area contributed by atoms with Gasteiger partial charge in [-0.25, -0.2) is 4.68 Å². The van der Waals surface area contributed by atoms with Gasteiger partial charge < -0.3 is 5.32 Å². The van der Waals surface area contributed by atoms with Crippen LogP contribution in [0.4, 0.5) is 0 Å². The van der Waals surface area contributed by atoms with Crippen LogP contribution in [-0.2, 0) is 13.1 Å². The van der Waals surface area contributed by atoms with Gasteiger partial charge in [-0.05, 0) is 36.8 Å². The number of halogens is 1. The van der Waals surface area contributed by atoms with E-state index in [1.807, 2.05) is 31.2 Å². The third kappa shape index (κ3) is 2.80. The minimum atomic E-state index is -0.159. The Hall–Kier alpha value is -2.40. The molecule has 22 heavy (non-hydrogen) atoms. The van der Waals surface area contributed by atoms with Gasteiger partial charge in [-0.3, -0.25) is 4.79 Å². The molecule has 0 bridgehead atoms. The van der Waals surface area contributed by atoms with Gasteiger partial charge in [-0.2, -0.15) is 0 Å². The summed E-state index contributed by atoms with van der Waals surface area (Å²) in [6.07, 6.45) is 0. The topological polar surface area (TPSA) is 59.8 Å². The van der Waals surface area contributed by atoms with Crippen molar-refractivity contribution in [2.75, 3.05) is 0 Å². The number of fused-ring (bicyclic) bond motifs is 1. The Morgan fingerprint density at radius 2 is 2.09 bits per heavy atom. The summed E-state index contributed by atoms with van der Waals surface area (Å²) >= 11 is 6.08. The van der Waals surface area contributed by atoms with Crippen molar-refractivity contribution in [3.8, 4) is 0 Å². The van der Waals surface area contributed by atoms with Gasteiger partial charge in [0, 0.05) is 23.7 Å². The maximum Gasteiger partial charge on any atom is 0.251 e. The van der Waals surface area contributed by atoms with Gasteiger partial charge >= 0.3 is 0 Å². The van der Waals surface area contributed by atoms with Crippen LogP contribution in [0.3, 0.4) is 0 Å². The maximum absolute atomic E-state index is 12.2. The minimum Gasteiger partial charge on any atom is -0.348 e. The van der Waals surface area contributed by atoms with Crippen LogP contribution in [0.25, 0.3) is 11.0 Å². The Morgan fingerprint density at radius 3 is 2.86 bits per heavy atom. The van der Waals surface area contributed by atoms with E-state index in [1.165, 1.54) is 0 Å². The SMILES string of the molecule is CCn1nnc2cc(C(=O)NCc3ccccc3Cl)ccc21. The van der Waals surface area contributed by atoms with Crippen molar-refractivity contribution >= 4 is 28.5 Å². The summed E-state index contributed by atoms with van der Waals surface area (Å²) in [7, 11) is 0. The largest absolute Gasteiger partial charge is 0.348 e. The second kappa shape index (κ2) is 6.15. The van der Waals surface area contributed by atoms with Crippen LogP contribution < -0.4 is 5.32 Å². The van der Waals surface area contributed by atoms with Crippen LogP contribution in [0.2, 0.25) is 5.02 Å².